The Kier molecular flexibility index (Phi) is 5.82. The standard InChI is InChI=1S/C19H21NO5S/c1-19(18(22)23,16-6-4-3-5-7-16)13-20-17(21)15-10-8-14(9-11-15)12-26(2,24)25/h3-11H,12-13H2,1-2H3,(H,20,21)(H,22,23). The molecule has 138 valence electrons. The fraction of sp³-hybridized carbons (Fsp3) is 0.263. The second-order valence-corrected chi connectivity index (χ2v) is 8.59. The van der Waals surface area contributed by atoms with Crippen molar-refractivity contribution in [3.05, 3.63) is 71.3 Å². The third-order valence-electron chi connectivity index (χ3n) is 4.13. The van der Waals surface area contributed by atoms with Gasteiger partial charge in [0.05, 0.1) is 5.75 Å². The van der Waals surface area contributed by atoms with E-state index in [1.54, 1.807) is 49.4 Å². The number of rotatable bonds is 7. The van der Waals surface area contributed by atoms with Gasteiger partial charge in [-0.05, 0) is 30.2 Å². The van der Waals surface area contributed by atoms with Crippen LogP contribution < -0.4 is 5.32 Å². The van der Waals surface area contributed by atoms with Gasteiger partial charge in [0, 0.05) is 18.4 Å². The molecular weight excluding hydrogens is 354 g/mol. The van der Waals surface area contributed by atoms with Crippen LogP contribution in [0.1, 0.15) is 28.4 Å². The van der Waals surface area contributed by atoms with Crippen molar-refractivity contribution in [2.24, 2.45) is 0 Å². The van der Waals surface area contributed by atoms with Crippen molar-refractivity contribution >= 4 is 21.7 Å². The highest BCUT2D eigenvalue weighted by molar-refractivity contribution is 7.89. The van der Waals surface area contributed by atoms with Crippen molar-refractivity contribution in [2.45, 2.75) is 18.1 Å². The van der Waals surface area contributed by atoms with Gasteiger partial charge in [-0.2, -0.15) is 0 Å². The van der Waals surface area contributed by atoms with Crippen LogP contribution in [0.2, 0.25) is 0 Å². The van der Waals surface area contributed by atoms with E-state index >= 15 is 0 Å². The molecule has 0 aliphatic heterocycles. The molecule has 0 saturated heterocycles. The van der Waals surface area contributed by atoms with Crippen LogP contribution in [0.4, 0.5) is 0 Å². The molecule has 0 aromatic heterocycles. The van der Waals surface area contributed by atoms with E-state index in [0.29, 0.717) is 16.7 Å². The van der Waals surface area contributed by atoms with Crippen LogP contribution in [0.5, 0.6) is 0 Å². The number of carbonyl (C=O) groups is 2. The molecule has 0 heterocycles. The molecule has 0 saturated carbocycles. The van der Waals surface area contributed by atoms with Gasteiger partial charge in [0.15, 0.2) is 9.84 Å². The number of benzene rings is 2. The van der Waals surface area contributed by atoms with Gasteiger partial charge in [-0.1, -0.05) is 42.5 Å². The van der Waals surface area contributed by atoms with Gasteiger partial charge < -0.3 is 10.4 Å². The maximum atomic E-state index is 12.3. The molecule has 0 aliphatic rings. The Morgan fingerprint density at radius 2 is 1.62 bits per heavy atom. The van der Waals surface area contributed by atoms with Crippen molar-refractivity contribution in [1.29, 1.82) is 0 Å². The summed E-state index contributed by atoms with van der Waals surface area (Å²) in [7, 11) is -3.15. The lowest BCUT2D eigenvalue weighted by Gasteiger charge is -2.25. The van der Waals surface area contributed by atoms with Crippen LogP contribution in [0.3, 0.4) is 0 Å². The van der Waals surface area contributed by atoms with Gasteiger partial charge >= 0.3 is 5.97 Å². The summed E-state index contributed by atoms with van der Waals surface area (Å²) in [5.74, 6) is -1.55. The second kappa shape index (κ2) is 7.70. The van der Waals surface area contributed by atoms with E-state index in [4.69, 9.17) is 0 Å². The smallest absolute Gasteiger partial charge is 0.315 e. The van der Waals surface area contributed by atoms with Gasteiger partial charge in [-0.3, -0.25) is 9.59 Å². The van der Waals surface area contributed by atoms with Gasteiger partial charge in [-0.15, -0.1) is 0 Å². The third kappa shape index (κ3) is 4.92. The zero-order valence-electron chi connectivity index (χ0n) is 14.6. The number of hydrogen-bond donors (Lipinski definition) is 2. The number of hydrogen-bond acceptors (Lipinski definition) is 4. The Hall–Kier alpha value is -2.67. The van der Waals surface area contributed by atoms with E-state index in [0.717, 1.165) is 6.26 Å². The van der Waals surface area contributed by atoms with E-state index < -0.39 is 27.1 Å². The summed E-state index contributed by atoms with van der Waals surface area (Å²) in [6.07, 6.45) is 1.14. The Morgan fingerprint density at radius 3 is 2.12 bits per heavy atom. The zero-order chi connectivity index (χ0) is 19.4. The minimum absolute atomic E-state index is 0.0731. The van der Waals surface area contributed by atoms with Crippen LogP contribution in [0, 0.1) is 0 Å². The van der Waals surface area contributed by atoms with Crippen LogP contribution in [-0.2, 0) is 25.8 Å². The molecule has 2 aromatic carbocycles. The van der Waals surface area contributed by atoms with Gasteiger partial charge in [0.2, 0.25) is 0 Å². The zero-order valence-corrected chi connectivity index (χ0v) is 15.4. The first-order chi connectivity index (χ1) is 12.1. The molecule has 2 N–H and O–H groups in total. The minimum atomic E-state index is -3.15. The number of carboxylic acids is 1. The highest BCUT2D eigenvalue weighted by Gasteiger charge is 2.35. The van der Waals surface area contributed by atoms with Crippen LogP contribution in [-0.4, -0.2) is 38.2 Å². The maximum Gasteiger partial charge on any atom is 0.315 e. The first-order valence-electron chi connectivity index (χ1n) is 7.95. The average Bonchev–Trinajstić information content (AvgIpc) is 2.59. The highest BCUT2D eigenvalue weighted by atomic mass is 32.2. The quantitative estimate of drug-likeness (QED) is 0.771. The van der Waals surface area contributed by atoms with Crippen LogP contribution in [0.15, 0.2) is 54.6 Å². The molecule has 0 bridgehead atoms. The summed E-state index contributed by atoms with van der Waals surface area (Å²) in [4.78, 5) is 24.1. The predicted molar refractivity (Wildman–Crippen MR) is 98.8 cm³/mol. The summed E-state index contributed by atoms with van der Waals surface area (Å²) in [6, 6.07) is 14.9. The molecule has 2 rings (SSSR count). The van der Waals surface area contributed by atoms with Gasteiger partial charge in [0.25, 0.3) is 5.91 Å². The van der Waals surface area contributed by atoms with Crippen molar-refractivity contribution in [3.63, 3.8) is 0 Å². The highest BCUT2D eigenvalue weighted by Crippen LogP contribution is 2.23. The molecule has 6 nitrogen and oxygen atoms in total. The first kappa shape index (κ1) is 19.7. The number of carboxylic acid groups (broad SMARTS) is 1. The molecule has 1 atom stereocenters. The first-order valence-corrected chi connectivity index (χ1v) is 10.0. The van der Waals surface area contributed by atoms with Crippen molar-refractivity contribution in [3.8, 4) is 0 Å². The molecule has 2 aromatic rings. The summed E-state index contributed by atoms with van der Waals surface area (Å²) in [6.45, 7) is 1.48. The molecule has 7 heteroatoms. The van der Waals surface area contributed by atoms with Crippen LogP contribution >= 0.6 is 0 Å². The summed E-state index contributed by atoms with van der Waals surface area (Å²) >= 11 is 0. The second-order valence-electron chi connectivity index (χ2n) is 6.45. The number of aliphatic carboxylic acids is 1. The van der Waals surface area contributed by atoms with E-state index in [1.165, 1.54) is 12.1 Å². The van der Waals surface area contributed by atoms with Crippen molar-refractivity contribution < 1.29 is 23.1 Å². The van der Waals surface area contributed by atoms with Gasteiger partial charge in [-0.25, -0.2) is 8.42 Å². The molecule has 0 spiro atoms. The number of sulfone groups is 1. The number of amides is 1. The summed E-state index contributed by atoms with van der Waals surface area (Å²) in [5, 5.41) is 12.3. The summed E-state index contributed by atoms with van der Waals surface area (Å²) < 4.78 is 22.6. The molecule has 0 radical (unpaired) electrons. The Bertz CT molecular complexity index is 891. The molecule has 1 amide bonds. The lowest BCUT2D eigenvalue weighted by Crippen LogP contribution is -2.44. The molecular formula is C19H21NO5S. The van der Waals surface area contributed by atoms with Crippen LogP contribution in [0.25, 0.3) is 0 Å². The fourth-order valence-electron chi connectivity index (χ4n) is 2.52. The fourth-order valence-corrected chi connectivity index (χ4v) is 3.32. The van der Waals surface area contributed by atoms with E-state index in [-0.39, 0.29) is 12.3 Å². The molecule has 0 fully saturated rings. The maximum absolute atomic E-state index is 12.3. The Morgan fingerprint density at radius 1 is 1.04 bits per heavy atom. The Labute approximate surface area is 152 Å². The largest absolute Gasteiger partial charge is 0.481 e. The summed E-state index contributed by atoms with van der Waals surface area (Å²) in [5.41, 5.74) is 0.260. The van der Waals surface area contributed by atoms with Crippen molar-refractivity contribution in [1.82, 2.24) is 5.32 Å². The molecule has 26 heavy (non-hydrogen) atoms. The van der Waals surface area contributed by atoms with E-state index in [1.807, 2.05) is 0 Å². The topological polar surface area (TPSA) is 101 Å². The molecule has 1 unspecified atom stereocenters. The lowest BCUT2D eigenvalue weighted by molar-refractivity contribution is -0.142. The number of carbonyl (C=O) groups excluding carboxylic acids is 1. The van der Waals surface area contributed by atoms with E-state index in [9.17, 15) is 23.1 Å². The third-order valence-corrected chi connectivity index (χ3v) is 4.99. The Balaban J connectivity index is 2.10. The SMILES string of the molecule is CC(CNC(=O)c1ccc(CS(C)(=O)=O)cc1)(C(=O)O)c1ccccc1. The number of nitrogens with one attached hydrogen (secondary N) is 1. The monoisotopic (exact) mass is 375 g/mol. The lowest BCUT2D eigenvalue weighted by atomic mass is 9.82. The van der Waals surface area contributed by atoms with Gasteiger partial charge in [0.1, 0.15) is 5.41 Å². The van der Waals surface area contributed by atoms with E-state index in [2.05, 4.69) is 5.32 Å². The van der Waals surface area contributed by atoms with Crippen molar-refractivity contribution in [2.75, 3.05) is 12.8 Å². The normalized spacial score (nSPS) is 13.6. The predicted octanol–water partition coefficient (Wildman–Crippen LogP) is 2.00. The molecule has 0 aliphatic carbocycles. The minimum Gasteiger partial charge on any atom is -0.481 e. The average molecular weight is 375 g/mol.